The molecule has 2 nitrogen and oxygen atoms in total. The van der Waals surface area contributed by atoms with E-state index in [1.165, 1.54) is 6.07 Å². The first-order chi connectivity index (χ1) is 8.43. The van der Waals surface area contributed by atoms with Gasteiger partial charge < -0.3 is 10.4 Å². The molecule has 0 atom stereocenters. The topological polar surface area (TPSA) is 32.3 Å². The second-order valence-corrected chi connectivity index (χ2v) is 5.53. The molecule has 0 radical (unpaired) electrons. The summed E-state index contributed by atoms with van der Waals surface area (Å²) in [5.74, 6) is 1.01. The van der Waals surface area contributed by atoms with Crippen LogP contribution in [0.5, 0.6) is 5.75 Å². The number of phenolic OH excluding ortho intramolecular Hbond substituents is 1. The number of aromatic hydroxyl groups is 1. The van der Waals surface area contributed by atoms with E-state index in [0.29, 0.717) is 29.9 Å². The Hall–Kier alpha value is -1.09. The maximum Gasteiger partial charge on any atom is 0.165 e. The molecule has 1 aromatic carbocycles. The van der Waals surface area contributed by atoms with Crippen LogP contribution in [0.15, 0.2) is 18.2 Å². The van der Waals surface area contributed by atoms with Crippen LogP contribution in [-0.2, 0) is 6.54 Å². The van der Waals surface area contributed by atoms with Crippen molar-refractivity contribution >= 4 is 0 Å². The minimum Gasteiger partial charge on any atom is -0.505 e. The second kappa shape index (κ2) is 6.74. The standard InChI is InChI=1S/C15H24FNO/c1-10(2)13(11(3)4)9-17-8-12-6-5-7-14(16)15(12)18/h5-7,10-11,13,17-18H,8-9H2,1-4H3. The Morgan fingerprint density at radius 2 is 1.78 bits per heavy atom. The van der Waals surface area contributed by atoms with Gasteiger partial charge in [0.1, 0.15) is 0 Å². The van der Waals surface area contributed by atoms with Gasteiger partial charge in [-0.25, -0.2) is 4.39 Å². The first-order valence-corrected chi connectivity index (χ1v) is 6.60. The molecular formula is C15H24FNO. The Balaban J connectivity index is 2.53. The molecule has 3 heteroatoms. The van der Waals surface area contributed by atoms with E-state index in [0.717, 1.165) is 6.54 Å². The molecule has 2 N–H and O–H groups in total. The molecule has 0 aliphatic rings. The van der Waals surface area contributed by atoms with Crippen molar-refractivity contribution in [1.29, 1.82) is 0 Å². The first kappa shape index (κ1) is 15.0. The number of phenols is 1. The third kappa shape index (κ3) is 3.98. The zero-order valence-electron chi connectivity index (χ0n) is 11.7. The molecule has 102 valence electrons. The van der Waals surface area contributed by atoms with Gasteiger partial charge in [0.2, 0.25) is 0 Å². The maximum atomic E-state index is 13.1. The summed E-state index contributed by atoms with van der Waals surface area (Å²) in [5, 5.41) is 12.9. The zero-order valence-corrected chi connectivity index (χ0v) is 11.7. The average Bonchev–Trinajstić information content (AvgIpc) is 2.28. The molecule has 0 aliphatic carbocycles. The van der Waals surface area contributed by atoms with Crippen molar-refractivity contribution in [3.8, 4) is 5.75 Å². The molecule has 0 bridgehead atoms. The Labute approximate surface area is 109 Å². The molecule has 0 saturated carbocycles. The lowest BCUT2D eigenvalue weighted by Gasteiger charge is -2.25. The highest BCUT2D eigenvalue weighted by Crippen LogP contribution is 2.22. The van der Waals surface area contributed by atoms with E-state index >= 15 is 0 Å². The van der Waals surface area contributed by atoms with Crippen molar-refractivity contribution in [2.45, 2.75) is 34.2 Å². The second-order valence-electron chi connectivity index (χ2n) is 5.53. The zero-order chi connectivity index (χ0) is 13.7. The van der Waals surface area contributed by atoms with Crippen molar-refractivity contribution in [3.63, 3.8) is 0 Å². The fourth-order valence-corrected chi connectivity index (χ4v) is 2.32. The lowest BCUT2D eigenvalue weighted by molar-refractivity contribution is 0.275. The summed E-state index contributed by atoms with van der Waals surface area (Å²) in [6.07, 6.45) is 0. The van der Waals surface area contributed by atoms with Crippen LogP contribution in [0.2, 0.25) is 0 Å². The van der Waals surface area contributed by atoms with Gasteiger partial charge in [-0.15, -0.1) is 0 Å². The van der Waals surface area contributed by atoms with E-state index in [2.05, 4.69) is 33.0 Å². The van der Waals surface area contributed by atoms with Crippen LogP contribution < -0.4 is 5.32 Å². The van der Waals surface area contributed by atoms with E-state index in [9.17, 15) is 9.50 Å². The Bertz CT molecular complexity index is 369. The third-order valence-corrected chi connectivity index (χ3v) is 3.48. The van der Waals surface area contributed by atoms with E-state index < -0.39 is 5.82 Å². The number of nitrogens with one attached hydrogen (secondary N) is 1. The van der Waals surface area contributed by atoms with Crippen LogP contribution in [0.4, 0.5) is 4.39 Å². The van der Waals surface area contributed by atoms with Gasteiger partial charge in [-0.05, 0) is 30.4 Å². The minimum absolute atomic E-state index is 0.240. The number of halogens is 1. The Morgan fingerprint density at radius 1 is 1.17 bits per heavy atom. The van der Waals surface area contributed by atoms with Crippen molar-refractivity contribution in [2.24, 2.45) is 17.8 Å². The normalized spacial score (nSPS) is 11.8. The van der Waals surface area contributed by atoms with Gasteiger partial charge in [-0.3, -0.25) is 0 Å². The van der Waals surface area contributed by atoms with Crippen LogP contribution in [0.1, 0.15) is 33.3 Å². The lowest BCUT2D eigenvalue weighted by atomic mass is 9.85. The van der Waals surface area contributed by atoms with Gasteiger partial charge >= 0.3 is 0 Å². The lowest BCUT2D eigenvalue weighted by Crippen LogP contribution is -2.29. The van der Waals surface area contributed by atoms with E-state index in [1.807, 2.05) is 0 Å². The molecule has 0 saturated heterocycles. The SMILES string of the molecule is CC(C)C(CNCc1cccc(F)c1O)C(C)C. The van der Waals surface area contributed by atoms with Crippen LogP contribution in [0.3, 0.4) is 0 Å². The highest BCUT2D eigenvalue weighted by molar-refractivity contribution is 5.33. The molecule has 18 heavy (non-hydrogen) atoms. The fourth-order valence-electron chi connectivity index (χ4n) is 2.32. The number of benzene rings is 1. The highest BCUT2D eigenvalue weighted by atomic mass is 19.1. The van der Waals surface area contributed by atoms with E-state index in [-0.39, 0.29) is 5.75 Å². The third-order valence-electron chi connectivity index (χ3n) is 3.48. The summed E-state index contributed by atoms with van der Waals surface area (Å²) in [5.41, 5.74) is 0.612. The molecule has 1 rings (SSSR count). The van der Waals surface area contributed by atoms with E-state index in [1.54, 1.807) is 12.1 Å². The fraction of sp³-hybridized carbons (Fsp3) is 0.600. The molecule has 0 unspecified atom stereocenters. The molecular weight excluding hydrogens is 229 g/mol. The molecule has 0 amide bonds. The van der Waals surface area contributed by atoms with Crippen LogP contribution in [-0.4, -0.2) is 11.7 Å². The van der Waals surface area contributed by atoms with Gasteiger partial charge in [-0.2, -0.15) is 0 Å². The largest absolute Gasteiger partial charge is 0.505 e. The Morgan fingerprint density at radius 3 is 2.33 bits per heavy atom. The number of hydrogen-bond donors (Lipinski definition) is 2. The predicted octanol–water partition coefficient (Wildman–Crippen LogP) is 3.55. The van der Waals surface area contributed by atoms with Gasteiger partial charge in [0, 0.05) is 12.1 Å². The smallest absolute Gasteiger partial charge is 0.165 e. The molecule has 0 heterocycles. The van der Waals surface area contributed by atoms with Crippen molar-refractivity contribution in [1.82, 2.24) is 5.32 Å². The predicted molar refractivity (Wildman–Crippen MR) is 72.9 cm³/mol. The van der Waals surface area contributed by atoms with Crippen molar-refractivity contribution in [2.75, 3.05) is 6.54 Å². The number of hydrogen-bond acceptors (Lipinski definition) is 2. The molecule has 0 fully saturated rings. The quantitative estimate of drug-likeness (QED) is 0.812. The summed E-state index contributed by atoms with van der Waals surface area (Å²) < 4.78 is 13.1. The first-order valence-electron chi connectivity index (χ1n) is 6.60. The summed E-state index contributed by atoms with van der Waals surface area (Å²) in [6, 6.07) is 4.63. The van der Waals surface area contributed by atoms with Crippen molar-refractivity contribution in [3.05, 3.63) is 29.6 Å². The van der Waals surface area contributed by atoms with Crippen LogP contribution in [0, 0.1) is 23.6 Å². The minimum atomic E-state index is -0.557. The maximum absolute atomic E-state index is 13.1. The molecule has 1 aromatic rings. The summed E-state index contributed by atoms with van der Waals surface area (Å²) in [7, 11) is 0. The van der Waals surface area contributed by atoms with Crippen LogP contribution in [0.25, 0.3) is 0 Å². The van der Waals surface area contributed by atoms with Crippen LogP contribution >= 0.6 is 0 Å². The van der Waals surface area contributed by atoms with E-state index in [4.69, 9.17) is 0 Å². The van der Waals surface area contributed by atoms with Gasteiger partial charge in [0.25, 0.3) is 0 Å². The van der Waals surface area contributed by atoms with Gasteiger partial charge in [-0.1, -0.05) is 39.8 Å². The Kier molecular flexibility index (Phi) is 5.60. The molecule has 0 aromatic heterocycles. The summed E-state index contributed by atoms with van der Waals surface area (Å²) in [4.78, 5) is 0. The number of para-hydroxylation sites is 1. The summed E-state index contributed by atoms with van der Waals surface area (Å²) in [6.45, 7) is 10.2. The summed E-state index contributed by atoms with van der Waals surface area (Å²) >= 11 is 0. The van der Waals surface area contributed by atoms with Gasteiger partial charge in [0.05, 0.1) is 0 Å². The average molecular weight is 253 g/mol. The number of rotatable bonds is 6. The molecule has 0 aliphatic heterocycles. The monoisotopic (exact) mass is 253 g/mol. The molecule has 0 spiro atoms. The van der Waals surface area contributed by atoms with Crippen molar-refractivity contribution < 1.29 is 9.50 Å². The highest BCUT2D eigenvalue weighted by Gasteiger charge is 2.17. The van der Waals surface area contributed by atoms with Gasteiger partial charge in [0.15, 0.2) is 11.6 Å².